The summed E-state index contributed by atoms with van der Waals surface area (Å²) >= 11 is 0. The Morgan fingerprint density at radius 2 is 2.12 bits per heavy atom. The summed E-state index contributed by atoms with van der Waals surface area (Å²) in [6, 6.07) is 4.01. The summed E-state index contributed by atoms with van der Waals surface area (Å²) in [5.74, 6) is -0.227. The first-order chi connectivity index (χ1) is 11.9. The number of nitrogens with one attached hydrogen (secondary N) is 2. The van der Waals surface area contributed by atoms with E-state index in [1.807, 2.05) is 21.9 Å². The summed E-state index contributed by atoms with van der Waals surface area (Å²) in [6.45, 7) is 7.37. The number of hydrogen-bond acceptors (Lipinski definition) is 2. The van der Waals surface area contributed by atoms with Gasteiger partial charge in [0.05, 0.1) is 0 Å². The number of aromatic amines is 1. The molecule has 1 fully saturated rings. The van der Waals surface area contributed by atoms with Crippen molar-refractivity contribution in [3.63, 3.8) is 0 Å². The molecule has 0 saturated carbocycles. The number of hydrogen-bond donors (Lipinski definition) is 3. The molecule has 2 amide bonds. The predicted octanol–water partition coefficient (Wildman–Crippen LogP) is 1.75. The number of allylic oxidation sites excluding steroid dienone is 1. The Morgan fingerprint density at radius 3 is 2.80 bits per heavy atom. The van der Waals surface area contributed by atoms with Crippen molar-refractivity contribution in [1.82, 2.24) is 14.8 Å². The lowest BCUT2D eigenvalue weighted by Gasteiger charge is -2.47. The number of likely N-dealkylation sites (tertiary alicyclic amines) is 1. The number of urea groups is 1. The molecule has 0 atom stereocenters. The summed E-state index contributed by atoms with van der Waals surface area (Å²) in [5.41, 5.74) is 8.32. The van der Waals surface area contributed by atoms with Gasteiger partial charge < -0.3 is 20.5 Å². The highest BCUT2D eigenvalue weighted by Crippen LogP contribution is 2.30. The Morgan fingerprint density at radius 1 is 1.36 bits per heavy atom. The minimum atomic E-state index is -0.227. The van der Waals surface area contributed by atoms with Crippen LogP contribution < -0.4 is 11.2 Å². The van der Waals surface area contributed by atoms with Gasteiger partial charge in [0.2, 0.25) is 5.96 Å². The average molecular weight is 342 g/mol. The van der Waals surface area contributed by atoms with Crippen molar-refractivity contribution in [2.75, 3.05) is 26.2 Å². The van der Waals surface area contributed by atoms with E-state index in [9.17, 15) is 4.79 Å². The molecule has 0 aromatic carbocycles. The fraction of sp³-hybridized carbons (Fsp3) is 0.500. The first-order valence-electron chi connectivity index (χ1n) is 8.65. The van der Waals surface area contributed by atoms with Crippen LogP contribution in [0.4, 0.5) is 4.79 Å². The van der Waals surface area contributed by atoms with E-state index in [1.54, 1.807) is 6.20 Å². The van der Waals surface area contributed by atoms with Crippen LogP contribution in [-0.4, -0.2) is 53.0 Å². The molecule has 0 aliphatic carbocycles. The van der Waals surface area contributed by atoms with Crippen molar-refractivity contribution in [3.05, 3.63) is 35.5 Å². The van der Waals surface area contributed by atoms with Crippen LogP contribution in [0, 0.1) is 10.8 Å². The molecule has 0 spiro atoms. The lowest BCUT2D eigenvalue weighted by Crippen LogP contribution is -2.59. The van der Waals surface area contributed by atoms with Gasteiger partial charge in [-0.1, -0.05) is 19.9 Å². The highest BCUT2D eigenvalue weighted by molar-refractivity contribution is 5.77. The van der Waals surface area contributed by atoms with Crippen LogP contribution >= 0.6 is 0 Å². The number of nitrogens with zero attached hydrogens (tertiary/aromatic N) is 3. The standard InChI is InChI=1S/C18H26N6O/c1-18(2)11-24(12-18)17(25)23-9-4-5-13(7-10-23)14-6-3-8-21-15(14)22-16(19)20/h3,6-8H,4-5,9-12H2,1-2H3,(H4,19,20,21,22). The van der Waals surface area contributed by atoms with E-state index >= 15 is 0 Å². The van der Waals surface area contributed by atoms with Crippen molar-refractivity contribution < 1.29 is 4.79 Å². The second kappa shape index (κ2) is 6.74. The quantitative estimate of drug-likeness (QED) is 0.535. The number of carbonyl (C=O) groups excluding carboxylic acids is 1. The van der Waals surface area contributed by atoms with Crippen molar-refractivity contribution >= 4 is 17.6 Å². The lowest BCUT2D eigenvalue weighted by molar-refractivity contribution is 0.0442. The number of rotatable bonds is 1. The zero-order valence-corrected chi connectivity index (χ0v) is 14.9. The number of amides is 2. The highest BCUT2D eigenvalue weighted by atomic mass is 16.2. The van der Waals surface area contributed by atoms with E-state index in [2.05, 4.69) is 29.9 Å². The fourth-order valence-corrected chi connectivity index (χ4v) is 3.51. The van der Waals surface area contributed by atoms with Gasteiger partial charge in [-0.05, 0) is 30.5 Å². The van der Waals surface area contributed by atoms with Gasteiger partial charge in [-0.25, -0.2) is 4.79 Å². The smallest absolute Gasteiger partial charge is 0.320 e. The molecule has 2 aliphatic rings. The van der Waals surface area contributed by atoms with Crippen LogP contribution in [0.25, 0.3) is 5.57 Å². The van der Waals surface area contributed by atoms with Crippen molar-refractivity contribution in [1.29, 1.82) is 5.41 Å². The molecular formula is C18H26N6O. The van der Waals surface area contributed by atoms with Crippen molar-refractivity contribution in [3.8, 4) is 0 Å². The molecule has 25 heavy (non-hydrogen) atoms. The van der Waals surface area contributed by atoms with Gasteiger partial charge in [-0.15, -0.1) is 0 Å². The second-order valence-corrected chi connectivity index (χ2v) is 7.51. The molecule has 7 nitrogen and oxygen atoms in total. The van der Waals surface area contributed by atoms with Crippen LogP contribution in [0.2, 0.25) is 0 Å². The summed E-state index contributed by atoms with van der Waals surface area (Å²) < 4.78 is 0. The Labute approximate surface area is 147 Å². The van der Waals surface area contributed by atoms with Gasteiger partial charge in [0.1, 0.15) is 5.49 Å². The van der Waals surface area contributed by atoms with E-state index in [-0.39, 0.29) is 17.4 Å². The molecule has 4 N–H and O–H groups in total. The first-order valence-corrected chi connectivity index (χ1v) is 8.65. The Balaban J connectivity index is 1.77. The minimum Gasteiger partial charge on any atom is -0.368 e. The molecule has 3 heterocycles. The molecule has 0 bridgehead atoms. The number of carbonyl (C=O) groups is 1. The lowest BCUT2D eigenvalue weighted by atomic mass is 9.85. The van der Waals surface area contributed by atoms with E-state index in [0.717, 1.165) is 43.6 Å². The van der Waals surface area contributed by atoms with Gasteiger partial charge in [-0.2, -0.15) is 4.99 Å². The molecule has 2 aliphatic heterocycles. The maximum absolute atomic E-state index is 12.6. The molecule has 0 unspecified atom stereocenters. The molecule has 3 rings (SSSR count). The van der Waals surface area contributed by atoms with Crippen molar-refractivity contribution in [2.45, 2.75) is 26.7 Å². The zero-order chi connectivity index (χ0) is 18.0. The van der Waals surface area contributed by atoms with Crippen LogP contribution in [0.15, 0.2) is 29.4 Å². The Bertz CT molecular complexity index is 768. The fourth-order valence-electron chi connectivity index (χ4n) is 3.51. The molecule has 1 saturated heterocycles. The van der Waals surface area contributed by atoms with Crippen LogP contribution in [-0.2, 0) is 0 Å². The number of H-pyrrole nitrogens is 1. The van der Waals surface area contributed by atoms with Crippen LogP contribution in [0.5, 0.6) is 0 Å². The second-order valence-electron chi connectivity index (χ2n) is 7.51. The average Bonchev–Trinajstić information content (AvgIpc) is 2.78. The molecule has 1 aromatic rings. The molecule has 1 aromatic heterocycles. The van der Waals surface area contributed by atoms with Gasteiger partial charge in [-0.3, -0.25) is 5.41 Å². The Kier molecular flexibility index (Phi) is 4.65. The maximum Gasteiger partial charge on any atom is 0.320 e. The number of guanidine groups is 1. The largest absolute Gasteiger partial charge is 0.368 e. The monoisotopic (exact) mass is 342 g/mol. The molecule has 7 heteroatoms. The highest BCUT2D eigenvalue weighted by Gasteiger charge is 2.38. The summed E-state index contributed by atoms with van der Waals surface area (Å²) in [6.07, 6.45) is 5.64. The predicted molar refractivity (Wildman–Crippen MR) is 97.8 cm³/mol. The van der Waals surface area contributed by atoms with Crippen LogP contribution in [0.1, 0.15) is 32.3 Å². The first kappa shape index (κ1) is 17.3. The third-order valence-electron chi connectivity index (χ3n) is 4.62. The SMILES string of the molecule is CC1(C)CN(C(=O)N2CC=C(c3ccc[nH]/c3=N\C(=N)N)CCC2)C1. The van der Waals surface area contributed by atoms with Crippen molar-refractivity contribution in [2.24, 2.45) is 16.1 Å². The van der Waals surface area contributed by atoms with E-state index in [0.29, 0.717) is 12.0 Å². The van der Waals surface area contributed by atoms with E-state index < -0.39 is 0 Å². The third kappa shape index (κ3) is 3.92. The van der Waals surface area contributed by atoms with Gasteiger partial charge in [0.25, 0.3) is 0 Å². The van der Waals surface area contributed by atoms with E-state index in [1.165, 1.54) is 0 Å². The summed E-state index contributed by atoms with van der Waals surface area (Å²) in [5, 5.41) is 7.39. The molecule has 134 valence electrons. The summed E-state index contributed by atoms with van der Waals surface area (Å²) in [7, 11) is 0. The molecule has 0 radical (unpaired) electrons. The van der Waals surface area contributed by atoms with Gasteiger partial charge in [0.15, 0.2) is 0 Å². The van der Waals surface area contributed by atoms with Gasteiger partial charge >= 0.3 is 6.03 Å². The van der Waals surface area contributed by atoms with Crippen LogP contribution in [0.3, 0.4) is 0 Å². The normalized spacial score (nSPS) is 20.6. The summed E-state index contributed by atoms with van der Waals surface area (Å²) in [4.78, 5) is 23.6. The zero-order valence-electron chi connectivity index (χ0n) is 14.9. The topological polar surface area (TPSA) is 102 Å². The Hall–Kier alpha value is -2.57. The maximum atomic E-state index is 12.6. The van der Waals surface area contributed by atoms with Gasteiger partial charge in [0, 0.05) is 43.4 Å². The number of nitrogens with two attached hydrogens (primary N) is 1. The molecular weight excluding hydrogens is 316 g/mol. The minimum absolute atomic E-state index is 0.130. The third-order valence-corrected chi connectivity index (χ3v) is 4.62. The van der Waals surface area contributed by atoms with E-state index in [4.69, 9.17) is 11.1 Å². The number of aromatic nitrogens is 1. The number of pyridine rings is 1.